The van der Waals surface area contributed by atoms with Crippen LogP contribution in [0.1, 0.15) is 11.3 Å². The summed E-state index contributed by atoms with van der Waals surface area (Å²) in [6.45, 7) is 4.13. The topological polar surface area (TPSA) is 26.5 Å². The van der Waals surface area contributed by atoms with E-state index in [0.717, 1.165) is 34.0 Å². The highest BCUT2D eigenvalue weighted by Crippen LogP contribution is 2.32. The maximum atomic E-state index is 5.59. The summed E-state index contributed by atoms with van der Waals surface area (Å²) in [5.74, 6) is 0.794. The largest absolute Gasteiger partial charge is 0.480 e. The molecule has 0 fully saturated rings. The molecular formula is C16H16N2O. The number of imidazole rings is 1. The van der Waals surface area contributed by atoms with Crippen LogP contribution in [0.3, 0.4) is 0 Å². The fraction of sp³-hybridized carbons (Fsp3) is 0.188. The van der Waals surface area contributed by atoms with Crippen LogP contribution in [-0.2, 0) is 0 Å². The number of hydrogen-bond acceptors (Lipinski definition) is 2. The molecular weight excluding hydrogens is 236 g/mol. The van der Waals surface area contributed by atoms with Crippen molar-refractivity contribution in [1.29, 1.82) is 0 Å². The van der Waals surface area contributed by atoms with E-state index in [9.17, 15) is 0 Å². The van der Waals surface area contributed by atoms with Gasteiger partial charge in [-0.05, 0) is 25.5 Å². The maximum absolute atomic E-state index is 5.59. The van der Waals surface area contributed by atoms with E-state index in [-0.39, 0.29) is 0 Å². The molecule has 3 rings (SSSR count). The number of pyridine rings is 1. The molecule has 0 saturated heterocycles. The van der Waals surface area contributed by atoms with Gasteiger partial charge in [-0.15, -0.1) is 0 Å². The molecule has 19 heavy (non-hydrogen) atoms. The summed E-state index contributed by atoms with van der Waals surface area (Å²) in [7, 11) is 1.69. The summed E-state index contributed by atoms with van der Waals surface area (Å²) in [4.78, 5) is 4.75. The minimum atomic E-state index is 0.794. The Morgan fingerprint density at radius 1 is 1.00 bits per heavy atom. The number of rotatable bonds is 2. The first kappa shape index (κ1) is 11.8. The zero-order chi connectivity index (χ0) is 13.4. The third-order valence-corrected chi connectivity index (χ3v) is 3.36. The van der Waals surface area contributed by atoms with E-state index in [0.29, 0.717) is 0 Å². The fourth-order valence-corrected chi connectivity index (χ4v) is 2.36. The molecule has 0 spiro atoms. The number of benzene rings is 1. The molecule has 0 aliphatic rings. The van der Waals surface area contributed by atoms with Crippen LogP contribution in [0, 0.1) is 13.8 Å². The molecule has 0 aliphatic heterocycles. The molecule has 0 unspecified atom stereocenters. The molecule has 0 N–H and O–H groups in total. The molecule has 0 bridgehead atoms. The second kappa shape index (κ2) is 4.43. The lowest BCUT2D eigenvalue weighted by atomic mass is 10.2. The number of nitrogens with zero attached hydrogens (tertiary/aromatic N) is 2. The van der Waals surface area contributed by atoms with E-state index < -0.39 is 0 Å². The highest BCUT2D eigenvalue weighted by atomic mass is 16.5. The third-order valence-electron chi connectivity index (χ3n) is 3.36. The van der Waals surface area contributed by atoms with Gasteiger partial charge in [0.15, 0.2) is 0 Å². The zero-order valence-electron chi connectivity index (χ0n) is 11.3. The van der Waals surface area contributed by atoms with Crippen LogP contribution in [0.5, 0.6) is 5.88 Å². The van der Waals surface area contributed by atoms with Crippen LogP contribution < -0.4 is 4.74 Å². The minimum absolute atomic E-state index is 0.794. The van der Waals surface area contributed by atoms with Gasteiger partial charge in [0.05, 0.1) is 7.11 Å². The van der Waals surface area contributed by atoms with Crippen molar-refractivity contribution in [3.8, 4) is 17.1 Å². The van der Waals surface area contributed by atoms with Crippen LogP contribution in [-0.4, -0.2) is 16.5 Å². The Kier molecular flexibility index (Phi) is 2.75. The van der Waals surface area contributed by atoms with E-state index in [2.05, 4.69) is 42.5 Å². The van der Waals surface area contributed by atoms with Gasteiger partial charge in [0.1, 0.15) is 11.3 Å². The molecule has 2 aromatic heterocycles. The van der Waals surface area contributed by atoms with Crippen LogP contribution in [0.15, 0.2) is 42.5 Å². The molecule has 96 valence electrons. The van der Waals surface area contributed by atoms with Crippen molar-refractivity contribution in [3.63, 3.8) is 0 Å². The van der Waals surface area contributed by atoms with E-state index in [1.165, 1.54) is 0 Å². The third kappa shape index (κ3) is 1.78. The Labute approximate surface area is 112 Å². The first-order chi connectivity index (χ1) is 9.22. The lowest BCUT2D eigenvalue weighted by molar-refractivity contribution is 0.394. The second-order valence-electron chi connectivity index (χ2n) is 4.65. The number of fused-ring (bicyclic) bond motifs is 1. The summed E-state index contributed by atoms with van der Waals surface area (Å²) in [5.41, 5.74) is 5.18. The van der Waals surface area contributed by atoms with Crippen molar-refractivity contribution in [2.45, 2.75) is 13.8 Å². The van der Waals surface area contributed by atoms with Gasteiger partial charge in [-0.1, -0.05) is 36.4 Å². The van der Waals surface area contributed by atoms with Crippen molar-refractivity contribution in [2.24, 2.45) is 0 Å². The molecule has 3 aromatic rings. The summed E-state index contributed by atoms with van der Waals surface area (Å²) >= 11 is 0. The van der Waals surface area contributed by atoms with E-state index in [1.54, 1.807) is 7.11 Å². The minimum Gasteiger partial charge on any atom is -0.480 e. The molecule has 3 nitrogen and oxygen atoms in total. The number of aromatic nitrogens is 2. The predicted octanol–water partition coefficient (Wildman–Crippen LogP) is 3.63. The van der Waals surface area contributed by atoms with Crippen molar-refractivity contribution in [3.05, 3.63) is 53.7 Å². The summed E-state index contributed by atoms with van der Waals surface area (Å²) < 4.78 is 7.66. The number of ether oxygens (including phenoxy) is 1. The first-order valence-electron chi connectivity index (χ1n) is 6.30. The normalized spacial score (nSPS) is 10.9. The lowest BCUT2D eigenvalue weighted by Crippen LogP contribution is -1.96. The SMILES string of the molecule is COc1c(-c2ccccc2)nc2c(C)ccc(C)n12. The Morgan fingerprint density at radius 2 is 1.74 bits per heavy atom. The van der Waals surface area contributed by atoms with Crippen LogP contribution >= 0.6 is 0 Å². The molecule has 0 atom stereocenters. The Hall–Kier alpha value is -2.29. The van der Waals surface area contributed by atoms with Gasteiger partial charge < -0.3 is 4.74 Å². The number of aryl methyl sites for hydroxylation is 2. The van der Waals surface area contributed by atoms with Crippen molar-refractivity contribution < 1.29 is 4.74 Å². The molecule has 0 aliphatic carbocycles. The molecule has 3 heteroatoms. The van der Waals surface area contributed by atoms with E-state index in [1.807, 2.05) is 18.2 Å². The standard InChI is InChI=1S/C16H16N2O/c1-11-9-10-12(2)18-15(11)17-14(16(18)19-3)13-7-5-4-6-8-13/h4-10H,1-3H3. The zero-order valence-corrected chi connectivity index (χ0v) is 11.3. The summed E-state index contributed by atoms with van der Waals surface area (Å²) in [6, 6.07) is 14.3. The van der Waals surface area contributed by atoms with Crippen molar-refractivity contribution >= 4 is 5.65 Å². The van der Waals surface area contributed by atoms with Gasteiger partial charge in [-0.25, -0.2) is 4.98 Å². The van der Waals surface area contributed by atoms with Gasteiger partial charge in [-0.2, -0.15) is 0 Å². The monoisotopic (exact) mass is 252 g/mol. The highest BCUT2D eigenvalue weighted by Gasteiger charge is 2.16. The lowest BCUT2D eigenvalue weighted by Gasteiger charge is -2.06. The summed E-state index contributed by atoms with van der Waals surface area (Å²) in [5, 5.41) is 0. The average Bonchev–Trinajstić information content (AvgIpc) is 2.84. The van der Waals surface area contributed by atoms with Gasteiger partial charge >= 0.3 is 0 Å². The van der Waals surface area contributed by atoms with Crippen molar-refractivity contribution in [2.75, 3.05) is 7.11 Å². The maximum Gasteiger partial charge on any atom is 0.226 e. The molecule has 1 aromatic carbocycles. The first-order valence-corrected chi connectivity index (χ1v) is 6.30. The quantitative estimate of drug-likeness (QED) is 0.696. The van der Waals surface area contributed by atoms with E-state index in [4.69, 9.17) is 9.72 Å². The van der Waals surface area contributed by atoms with Crippen LogP contribution in [0.2, 0.25) is 0 Å². The molecule has 0 saturated carbocycles. The van der Waals surface area contributed by atoms with Crippen LogP contribution in [0.4, 0.5) is 0 Å². The van der Waals surface area contributed by atoms with E-state index >= 15 is 0 Å². The average molecular weight is 252 g/mol. The Bertz CT molecular complexity index is 729. The second-order valence-corrected chi connectivity index (χ2v) is 4.65. The highest BCUT2D eigenvalue weighted by molar-refractivity contribution is 5.71. The van der Waals surface area contributed by atoms with Gasteiger partial charge in [-0.3, -0.25) is 4.40 Å². The number of methoxy groups -OCH3 is 1. The van der Waals surface area contributed by atoms with Gasteiger partial charge in [0.2, 0.25) is 5.88 Å². The number of hydrogen-bond donors (Lipinski definition) is 0. The summed E-state index contributed by atoms with van der Waals surface area (Å²) in [6.07, 6.45) is 0. The smallest absolute Gasteiger partial charge is 0.226 e. The Balaban J connectivity index is 2.38. The Morgan fingerprint density at radius 3 is 2.42 bits per heavy atom. The fourth-order valence-electron chi connectivity index (χ4n) is 2.36. The van der Waals surface area contributed by atoms with Crippen molar-refractivity contribution in [1.82, 2.24) is 9.38 Å². The molecule has 2 heterocycles. The molecule has 0 amide bonds. The molecule has 0 radical (unpaired) electrons. The van der Waals surface area contributed by atoms with Crippen LogP contribution in [0.25, 0.3) is 16.9 Å². The van der Waals surface area contributed by atoms with Gasteiger partial charge in [0, 0.05) is 11.3 Å². The van der Waals surface area contributed by atoms with Gasteiger partial charge in [0.25, 0.3) is 0 Å². The predicted molar refractivity (Wildman–Crippen MR) is 76.7 cm³/mol.